The minimum absolute atomic E-state index is 0.0203. The van der Waals surface area contributed by atoms with Gasteiger partial charge in [0.25, 0.3) is 0 Å². The average molecular weight is 290 g/mol. The zero-order valence-electron chi connectivity index (χ0n) is 10.3. The summed E-state index contributed by atoms with van der Waals surface area (Å²) in [6.45, 7) is 6.79. The number of rotatable bonds is 4. The van der Waals surface area contributed by atoms with E-state index in [1.165, 1.54) is 12.1 Å². The summed E-state index contributed by atoms with van der Waals surface area (Å²) in [5.41, 5.74) is -0.562. The Morgan fingerprint density at radius 1 is 1.10 bits per heavy atom. The van der Waals surface area contributed by atoms with Crippen LogP contribution in [0, 0.1) is 0 Å². The van der Waals surface area contributed by atoms with Gasteiger partial charge in [-0.25, -0.2) is 18.0 Å². The molecule has 0 saturated carbocycles. The smallest absolute Gasteiger partial charge is 0.348 e. The molecule has 5 nitrogen and oxygen atoms in total. The van der Waals surface area contributed by atoms with E-state index in [-0.39, 0.29) is 16.0 Å². The van der Waals surface area contributed by atoms with E-state index < -0.39 is 26.7 Å². The van der Waals surface area contributed by atoms with Crippen LogP contribution in [0.1, 0.15) is 0 Å². The van der Waals surface area contributed by atoms with E-state index in [0.29, 0.717) is 0 Å². The third-order valence-corrected chi connectivity index (χ3v) is 4.49. The lowest BCUT2D eigenvalue weighted by molar-refractivity contribution is -0.150. The first-order valence-corrected chi connectivity index (χ1v) is 7.00. The van der Waals surface area contributed by atoms with Gasteiger partial charge in [0.2, 0.25) is 9.84 Å². The number of cyclic esters (lactones) is 2. The molecule has 0 fully saturated rings. The van der Waals surface area contributed by atoms with Gasteiger partial charge < -0.3 is 4.74 Å². The van der Waals surface area contributed by atoms with Crippen LogP contribution in [0.15, 0.2) is 70.5 Å². The normalized spacial score (nSPS) is 15.2. The van der Waals surface area contributed by atoms with Gasteiger partial charge in [0.1, 0.15) is 0 Å². The predicted octanol–water partition coefficient (Wildman–Crippen LogP) is 1.54. The SMILES string of the molecule is C=CC1=C(C(=C)S(=O)(=O)c2ccccc2)C(=O)OC1=O. The van der Waals surface area contributed by atoms with Gasteiger partial charge in [0.05, 0.1) is 20.9 Å². The van der Waals surface area contributed by atoms with Crippen molar-refractivity contribution in [2.24, 2.45) is 0 Å². The van der Waals surface area contributed by atoms with Gasteiger partial charge >= 0.3 is 11.9 Å². The lowest BCUT2D eigenvalue weighted by Gasteiger charge is -2.07. The lowest BCUT2D eigenvalue weighted by atomic mass is 10.1. The molecule has 0 bridgehead atoms. The number of hydrogen-bond acceptors (Lipinski definition) is 5. The van der Waals surface area contributed by atoms with Crippen molar-refractivity contribution in [2.45, 2.75) is 4.90 Å². The van der Waals surface area contributed by atoms with Crippen molar-refractivity contribution in [2.75, 3.05) is 0 Å². The molecule has 0 amide bonds. The van der Waals surface area contributed by atoms with Gasteiger partial charge in [-0.05, 0) is 12.1 Å². The second kappa shape index (κ2) is 4.90. The Labute approximate surface area is 115 Å². The van der Waals surface area contributed by atoms with Crippen molar-refractivity contribution >= 4 is 21.8 Å². The van der Waals surface area contributed by atoms with E-state index in [1.807, 2.05) is 0 Å². The maximum absolute atomic E-state index is 12.3. The van der Waals surface area contributed by atoms with Crippen molar-refractivity contribution in [1.82, 2.24) is 0 Å². The van der Waals surface area contributed by atoms with Crippen LogP contribution in [0.3, 0.4) is 0 Å². The average Bonchev–Trinajstić information content (AvgIpc) is 2.72. The first-order chi connectivity index (χ1) is 9.39. The Bertz CT molecular complexity index is 754. The van der Waals surface area contributed by atoms with Gasteiger partial charge in [-0.1, -0.05) is 37.4 Å². The van der Waals surface area contributed by atoms with E-state index in [4.69, 9.17) is 0 Å². The van der Waals surface area contributed by atoms with Crippen LogP contribution in [0.25, 0.3) is 0 Å². The van der Waals surface area contributed by atoms with Crippen molar-refractivity contribution in [3.05, 3.63) is 65.6 Å². The third kappa shape index (κ3) is 2.10. The molecule has 1 aliphatic rings. The van der Waals surface area contributed by atoms with Gasteiger partial charge in [-0.3, -0.25) is 0 Å². The zero-order chi connectivity index (χ0) is 14.9. The van der Waals surface area contributed by atoms with Crippen LogP contribution in [0.4, 0.5) is 0 Å². The van der Waals surface area contributed by atoms with E-state index >= 15 is 0 Å². The Hall–Kier alpha value is -2.47. The number of sulfone groups is 1. The molecule has 6 heteroatoms. The molecule has 0 atom stereocenters. The summed E-state index contributed by atoms with van der Waals surface area (Å²) in [6, 6.07) is 7.49. The maximum atomic E-state index is 12.3. The molecule has 1 aliphatic heterocycles. The summed E-state index contributed by atoms with van der Waals surface area (Å²) < 4.78 is 29.1. The topological polar surface area (TPSA) is 77.5 Å². The van der Waals surface area contributed by atoms with Gasteiger partial charge in [0, 0.05) is 0 Å². The maximum Gasteiger partial charge on any atom is 0.348 e. The van der Waals surface area contributed by atoms with Crippen LogP contribution < -0.4 is 0 Å². The summed E-state index contributed by atoms with van der Waals surface area (Å²) in [6.07, 6.45) is 1.08. The number of hydrogen-bond donors (Lipinski definition) is 0. The fraction of sp³-hybridized carbons (Fsp3) is 0. The molecule has 1 aromatic rings. The molecule has 1 heterocycles. The molecule has 0 aliphatic carbocycles. The minimum atomic E-state index is -3.97. The van der Waals surface area contributed by atoms with Gasteiger partial charge in [-0.2, -0.15) is 0 Å². The molecule has 1 aromatic carbocycles. The molecular formula is C14H10O5S. The summed E-state index contributed by atoms with van der Waals surface area (Å²) in [7, 11) is -3.97. The summed E-state index contributed by atoms with van der Waals surface area (Å²) in [5, 5.41) is 0. The second-order valence-electron chi connectivity index (χ2n) is 3.91. The van der Waals surface area contributed by atoms with Crippen molar-refractivity contribution in [3.63, 3.8) is 0 Å². The highest BCUT2D eigenvalue weighted by molar-refractivity contribution is 7.95. The van der Waals surface area contributed by atoms with Crippen LogP contribution >= 0.6 is 0 Å². The summed E-state index contributed by atoms with van der Waals surface area (Å²) in [4.78, 5) is 22.5. The fourth-order valence-electron chi connectivity index (χ4n) is 1.73. The Balaban J connectivity index is 2.57. The molecule has 0 unspecified atom stereocenters. The molecule has 0 aromatic heterocycles. The standard InChI is InChI=1S/C14H10O5S/c1-3-11-12(14(16)19-13(11)15)9(2)20(17,18)10-7-5-4-6-8-10/h3-8H,1-2H2. The molecule has 0 N–H and O–H groups in total. The van der Waals surface area contributed by atoms with Crippen molar-refractivity contribution < 1.29 is 22.7 Å². The lowest BCUT2D eigenvalue weighted by Crippen LogP contribution is -2.11. The zero-order valence-corrected chi connectivity index (χ0v) is 11.1. The highest BCUT2D eigenvalue weighted by Crippen LogP contribution is 2.30. The van der Waals surface area contributed by atoms with Gasteiger partial charge in [0.15, 0.2) is 0 Å². The van der Waals surface area contributed by atoms with E-state index in [9.17, 15) is 18.0 Å². The van der Waals surface area contributed by atoms with E-state index in [1.54, 1.807) is 18.2 Å². The molecule has 2 rings (SSSR count). The summed E-state index contributed by atoms with van der Waals surface area (Å²) >= 11 is 0. The number of carbonyl (C=O) groups excluding carboxylic acids is 2. The Morgan fingerprint density at radius 3 is 2.25 bits per heavy atom. The van der Waals surface area contributed by atoms with Crippen LogP contribution in [-0.4, -0.2) is 20.4 Å². The first kappa shape index (κ1) is 14.0. The largest absolute Gasteiger partial charge is 0.386 e. The molecule has 102 valence electrons. The van der Waals surface area contributed by atoms with E-state index in [0.717, 1.165) is 6.08 Å². The van der Waals surface area contributed by atoms with E-state index in [2.05, 4.69) is 17.9 Å². The first-order valence-electron chi connectivity index (χ1n) is 5.52. The fourth-order valence-corrected chi connectivity index (χ4v) is 2.99. The number of esters is 2. The third-order valence-electron chi connectivity index (χ3n) is 2.74. The predicted molar refractivity (Wildman–Crippen MR) is 71.1 cm³/mol. The highest BCUT2D eigenvalue weighted by Gasteiger charge is 2.37. The highest BCUT2D eigenvalue weighted by atomic mass is 32.2. The quantitative estimate of drug-likeness (QED) is 0.621. The van der Waals surface area contributed by atoms with Crippen molar-refractivity contribution in [3.8, 4) is 0 Å². The van der Waals surface area contributed by atoms with Crippen LogP contribution in [-0.2, 0) is 24.2 Å². The Morgan fingerprint density at radius 2 is 1.70 bits per heavy atom. The van der Waals surface area contributed by atoms with Crippen LogP contribution in [0.5, 0.6) is 0 Å². The van der Waals surface area contributed by atoms with Crippen LogP contribution in [0.2, 0.25) is 0 Å². The number of ether oxygens (including phenoxy) is 1. The minimum Gasteiger partial charge on any atom is -0.386 e. The number of benzene rings is 1. The number of carbonyl (C=O) groups is 2. The van der Waals surface area contributed by atoms with Gasteiger partial charge in [-0.15, -0.1) is 0 Å². The molecule has 0 saturated heterocycles. The molecule has 0 spiro atoms. The second-order valence-corrected chi connectivity index (χ2v) is 5.88. The molecular weight excluding hydrogens is 280 g/mol. The monoisotopic (exact) mass is 290 g/mol. The molecule has 20 heavy (non-hydrogen) atoms. The Kier molecular flexibility index (Phi) is 3.42. The summed E-state index contributed by atoms with van der Waals surface area (Å²) in [5.74, 6) is -1.96. The molecule has 0 radical (unpaired) electrons. The van der Waals surface area contributed by atoms with Crippen molar-refractivity contribution in [1.29, 1.82) is 0 Å².